The number of hydrogen-bond donors (Lipinski definition) is 1. The topological polar surface area (TPSA) is 72.2 Å². The lowest BCUT2D eigenvalue weighted by atomic mass is 10.1. The number of nitrogens with one attached hydrogen (secondary N) is 1. The highest BCUT2D eigenvalue weighted by Crippen LogP contribution is 2.26. The van der Waals surface area contributed by atoms with Gasteiger partial charge in [-0.2, -0.15) is 0 Å². The molecule has 0 fully saturated rings. The highest BCUT2D eigenvalue weighted by molar-refractivity contribution is 9.10. The molecule has 0 unspecified atom stereocenters. The van der Waals surface area contributed by atoms with Gasteiger partial charge in [0.15, 0.2) is 0 Å². The van der Waals surface area contributed by atoms with E-state index in [1.807, 2.05) is 0 Å². The smallest absolute Gasteiger partial charge is 0.269 e. The number of nitro benzene ring substituents is 1. The lowest BCUT2D eigenvalue weighted by molar-refractivity contribution is -0.384. The second-order valence-electron chi connectivity index (χ2n) is 4.34. The Hall–Kier alpha value is -1.92. The van der Waals surface area contributed by atoms with Crippen molar-refractivity contribution in [2.75, 3.05) is 5.32 Å². The molecule has 0 aliphatic rings. The number of hydrogen-bond acceptors (Lipinski definition) is 3. The van der Waals surface area contributed by atoms with Gasteiger partial charge in [0, 0.05) is 27.9 Å². The van der Waals surface area contributed by atoms with Crippen LogP contribution in [0.3, 0.4) is 0 Å². The zero-order chi connectivity index (χ0) is 15.6. The van der Waals surface area contributed by atoms with E-state index in [4.69, 9.17) is 11.6 Å². The minimum atomic E-state index is -0.495. The molecule has 0 aliphatic heterocycles. The molecule has 1 amide bonds. The fourth-order valence-electron chi connectivity index (χ4n) is 1.79. The quantitative estimate of drug-likeness (QED) is 0.636. The Labute approximate surface area is 134 Å². The summed E-state index contributed by atoms with van der Waals surface area (Å²) in [6.07, 6.45) is 0. The van der Waals surface area contributed by atoms with Crippen molar-refractivity contribution >= 4 is 44.8 Å². The van der Waals surface area contributed by atoms with Crippen LogP contribution in [0.4, 0.5) is 11.4 Å². The molecule has 0 saturated heterocycles. The van der Waals surface area contributed by atoms with Gasteiger partial charge in [0.1, 0.15) is 0 Å². The van der Waals surface area contributed by atoms with E-state index in [0.717, 1.165) is 0 Å². The Morgan fingerprint density at radius 3 is 2.57 bits per heavy atom. The number of amides is 1. The molecule has 0 atom stereocenters. The average Bonchev–Trinajstić information content (AvgIpc) is 2.42. The van der Waals surface area contributed by atoms with Crippen LogP contribution in [0.15, 0.2) is 40.9 Å². The van der Waals surface area contributed by atoms with Gasteiger partial charge in [-0.1, -0.05) is 11.6 Å². The summed E-state index contributed by atoms with van der Waals surface area (Å²) in [5.41, 5.74) is 1.45. The van der Waals surface area contributed by atoms with Gasteiger partial charge >= 0.3 is 0 Å². The molecule has 21 heavy (non-hydrogen) atoms. The van der Waals surface area contributed by atoms with E-state index < -0.39 is 4.92 Å². The molecular formula is C14H10BrClN2O3. The number of halogens is 2. The maximum absolute atomic E-state index is 12.2. The average molecular weight is 370 g/mol. The number of aryl methyl sites for hydroxylation is 1. The van der Waals surface area contributed by atoms with Crippen LogP contribution in [0.2, 0.25) is 5.02 Å². The highest BCUT2D eigenvalue weighted by Gasteiger charge is 2.14. The summed E-state index contributed by atoms with van der Waals surface area (Å²) >= 11 is 9.16. The first-order valence-corrected chi connectivity index (χ1v) is 7.07. The Balaban J connectivity index is 2.24. The number of rotatable bonds is 3. The monoisotopic (exact) mass is 368 g/mol. The number of nitro groups is 1. The molecule has 2 aromatic rings. The first-order valence-electron chi connectivity index (χ1n) is 5.90. The van der Waals surface area contributed by atoms with Crippen molar-refractivity contribution in [2.45, 2.75) is 6.92 Å². The molecule has 0 saturated carbocycles. The second kappa shape index (κ2) is 6.24. The van der Waals surface area contributed by atoms with E-state index in [2.05, 4.69) is 21.2 Å². The molecule has 0 radical (unpaired) electrons. The number of benzene rings is 2. The Kier molecular flexibility index (Phi) is 4.59. The van der Waals surface area contributed by atoms with Crippen molar-refractivity contribution in [2.24, 2.45) is 0 Å². The van der Waals surface area contributed by atoms with Gasteiger partial charge in [0.2, 0.25) is 0 Å². The van der Waals surface area contributed by atoms with Crippen molar-refractivity contribution in [3.63, 3.8) is 0 Å². The standard InChI is InChI=1S/C14H10BrClN2O3/c1-8-6-10(18(20)21)3-4-11(8)14(19)17-9-2-5-13(16)12(15)7-9/h2-7H,1H3,(H,17,19). The minimum Gasteiger partial charge on any atom is -0.322 e. The van der Waals surface area contributed by atoms with E-state index in [9.17, 15) is 14.9 Å². The largest absolute Gasteiger partial charge is 0.322 e. The SMILES string of the molecule is Cc1cc([N+](=O)[O-])ccc1C(=O)Nc1ccc(Cl)c(Br)c1. The Morgan fingerprint density at radius 1 is 1.29 bits per heavy atom. The second-order valence-corrected chi connectivity index (χ2v) is 5.60. The number of non-ortho nitro benzene ring substituents is 1. The molecule has 108 valence electrons. The Bertz CT molecular complexity index is 734. The van der Waals surface area contributed by atoms with Gasteiger partial charge in [-0.05, 0) is 52.7 Å². The van der Waals surface area contributed by atoms with E-state index in [1.165, 1.54) is 18.2 Å². The molecule has 0 aliphatic carbocycles. The highest BCUT2D eigenvalue weighted by atomic mass is 79.9. The molecular weight excluding hydrogens is 360 g/mol. The molecule has 0 spiro atoms. The van der Waals surface area contributed by atoms with Gasteiger partial charge in [0.05, 0.1) is 9.95 Å². The maximum atomic E-state index is 12.2. The zero-order valence-electron chi connectivity index (χ0n) is 10.9. The first-order chi connectivity index (χ1) is 9.88. The van der Waals surface area contributed by atoms with Crippen LogP contribution < -0.4 is 5.32 Å². The molecule has 0 aromatic heterocycles. The van der Waals surface area contributed by atoms with E-state index >= 15 is 0 Å². The zero-order valence-corrected chi connectivity index (χ0v) is 13.2. The van der Waals surface area contributed by atoms with Crippen LogP contribution in [-0.2, 0) is 0 Å². The molecule has 5 nitrogen and oxygen atoms in total. The van der Waals surface area contributed by atoms with Crippen molar-refractivity contribution in [1.29, 1.82) is 0 Å². The third-order valence-electron chi connectivity index (χ3n) is 2.84. The summed E-state index contributed by atoms with van der Waals surface area (Å²) in [6, 6.07) is 9.12. The van der Waals surface area contributed by atoms with Crippen molar-refractivity contribution < 1.29 is 9.72 Å². The lowest BCUT2D eigenvalue weighted by Crippen LogP contribution is -2.13. The van der Waals surface area contributed by atoms with Gasteiger partial charge in [-0.25, -0.2) is 0 Å². The van der Waals surface area contributed by atoms with E-state index in [1.54, 1.807) is 25.1 Å². The number of carbonyl (C=O) groups excluding carboxylic acids is 1. The van der Waals surface area contributed by atoms with Crippen LogP contribution in [0, 0.1) is 17.0 Å². The Morgan fingerprint density at radius 2 is 2.00 bits per heavy atom. The molecule has 2 rings (SSSR count). The summed E-state index contributed by atoms with van der Waals surface area (Å²) in [6.45, 7) is 1.65. The van der Waals surface area contributed by atoms with Crippen molar-refractivity contribution in [3.05, 3.63) is 67.1 Å². The number of anilines is 1. The minimum absolute atomic E-state index is 0.0433. The fourth-order valence-corrected chi connectivity index (χ4v) is 2.28. The normalized spacial score (nSPS) is 10.2. The van der Waals surface area contributed by atoms with Crippen LogP contribution in [0.25, 0.3) is 0 Å². The first kappa shape index (κ1) is 15.5. The van der Waals surface area contributed by atoms with Gasteiger partial charge in [0.25, 0.3) is 11.6 Å². The predicted octanol–water partition coefficient (Wildman–Crippen LogP) is 4.57. The van der Waals surface area contributed by atoms with E-state index in [0.29, 0.717) is 26.3 Å². The van der Waals surface area contributed by atoms with Crippen LogP contribution in [0.1, 0.15) is 15.9 Å². The predicted molar refractivity (Wildman–Crippen MR) is 84.9 cm³/mol. The molecule has 1 N–H and O–H groups in total. The number of carbonyl (C=O) groups is 1. The maximum Gasteiger partial charge on any atom is 0.269 e. The lowest BCUT2D eigenvalue weighted by Gasteiger charge is -2.08. The van der Waals surface area contributed by atoms with Crippen LogP contribution >= 0.6 is 27.5 Å². The molecule has 7 heteroatoms. The molecule has 2 aromatic carbocycles. The molecule has 0 heterocycles. The van der Waals surface area contributed by atoms with Crippen molar-refractivity contribution in [3.8, 4) is 0 Å². The van der Waals surface area contributed by atoms with E-state index in [-0.39, 0.29) is 11.6 Å². The summed E-state index contributed by atoms with van der Waals surface area (Å²) in [7, 11) is 0. The third kappa shape index (κ3) is 3.59. The van der Waals surface area contributed by atoms with Crippen LogP contribution in [0.5, 0.6) is 0 Å². The summed E-state index contributed by atoms with van der Waals surface area (Å²) < 4.78 is 0.669. The van der Waals surface area contributed by atoms with Crippen LogP contribution in [-0.4, -0.2) is 10.8 Å². The number of nitrogens with zero attached hydrogens (tertiary/aromatic N) is 1. The van der Waals surface area contributed by atoms with Gasteiger partial charge in [-0.3, -0.25) is 14.9 Å². The van der Waals surface area contributed by atoms with Gasteiger partial charge < -0.3 is 5.32 Å². The van der Waals surface area contributed by atoms with Gasteiger partial charge in [-0.15, -0.1) is 0 Å². The van der Waals surface area contributed by atoms with Crippen molar-refractivity contribution in [1.82, 2.24) is 0 Å². The summed E-state index contributed by atoms with van der Waals surface area (Å²) in [5.74, 6) is -0.336. The fraction of sp³-hybridized carbons (Fsp3) is 0.0714. The molecule has 0 bridgehead atoms. The summed E-state index contributed by atoms with van der Waals surface area (Å²) in [4.78, 5) is 22.4. The third-order valence-corrected chi connectivity index (χ3v) is 4.06. The summed E-state index contributed by atoms with van der Waals surface area (Å²) in [5, 5.41) is 13.9.